The number of fused-ring (bicyclic) bond motifs is 1. The Morgan fingerprint density at radius 2 is 1.74 bits per heavy atom. The molecule has 3 aromatic carbocycles. The highest BCUT2D eigenvalue weighted by Crippen LogP contribution is 2.30. The number of benzene rings is 3. The molecular weight excluding hydrogens is 438 g/mol. The molecule has 9 nitrogen and oxygen atoms in total. The first-order chi connectivity index (χ1) is 16.4. The zero-order valence-corrected chi connectivity index (χ0v) is 18.1. The van der Waals surface area contributed by atoms with E-state index in [-0.39, 0.29) is 22.8 Å². The van der Waals surface area contributed by atoms with Crippen molar-refractivity contribution in [3.05, 3.63) is 99.6 Å². The molecule has 2 amide bonds. The molecular formula is C25H21N3O6. The number of nitro groups is 1. The van der Waals surface area contributed by atoms with Crippen LogP contribution in [0.15, 0.2) is 72.8 Å². The first-order valence-electron chi connectivity index (χ1n) is 10.6. The Labute approximate surface area is 195 Å². The van der Waals surface area contributed by atoms with Crippen LogP contribution in [0.25, 0.3) is 0 Å². The lowest BCUT2D eigenvalue weighted by Crippen LogP contribution is -2.38. The quantitative estimate of drug-likeness (QED) is 0.338. The number of para-hydroxylation sites is 1. The Morgan fingerprint density at radius 3 is 2.50 bits per heavy atom. The molecule has 4 rings (SSSR count). The van der Waals surface area contributed by atoms with Crippen LogP contribution in [0.2, 0.25) is 0 Å². The summed E-state index contributed by atoms with van der Waals surface area (Å²) in [6.45, 7) is -0.0822. The molecule has 1 N–H and O–H groups in total. The minimum atomic E-state index is -0.752. The van der Waals surface area contributed by atoms with E-state index in [0.29, 0.717) is 36.2 Å². The van der Waals surface area contributed by atoms with Crippen LogP contribution >= 0.6 is 0 Å². The lowest BCUT2D eigenvalue weighted by Gasteiger charge is -2.29. The molecule has 0 aromatic heterocycles. The van der Waals surface area contributed by atoms with Crippen molar-refractivity contribution in [1.82, 2.24) is 0 Å². The van der Waals surface area contributed by atoms with Gasteiger partial charge >= 0.3 is 5.97 Å². The van der Waals surface area contributed by atoms with E-state index < -0.39 is 23.4 Å². The average molecular weight is 459 g/mol. The number of nitrogens with one attached hydrogen (secondary N) is 1. The third kappa shape index (κ3) is 4.93. The van der Waals surface area contributed by atoms with Crippen LogP contribution in [-0.4, -0.2) is 35.9 Å². The summed E-state index contributed by atoms with van der Waals surface area (Å²) < 4.78 is 5.26. The zero-order valence-electron chi connectivity index (χ0n) is 18.1. The van der Waals surface area contributed by atoms with Gasteiger partial charge in [0.25, 0.3) is 17.5 Å². The molecule has 0 saturated carbocycles. The first kappa shape index (κ1) is 22.7. The number of amides is 2. The number of esters is 1. The van der Waals surface area contributed by atoms with Gasteiger partial charge in [0, 0.05) is 29.9 Å². The number of carbonyl (C=O) groups is 3. The second-order valence-corrected chi connectivity index (χ2v) is 7.66. The number of ether oxygens (including phenoxy) is 1. The van der Waals surface area contributed by atoms with Gasteiger partial charge in [0.05, 0.1) is 16.2 Å². The van der Waals surface area contributed by atoms with Crippen molar-refractivity contribution in [1.29, 1.82) is 0 Å². The number of hydrogen-bond donors (Lipinski definition) is 1. The standard InChI is InChI=1S/C25H21N3O6/c29-23(27-14-6-9-18-15-19(28(32)33)12-13-22(18)27)16-34-25(31)20-10-4-5-11-21(20)26-24(30)17-7-2-1-3-8-17/h1-5,7-8,10-13,15H,6,9,14,16H2,(H,26,30). The second-order valence-electron chi connectivity index (χ2n) is 7.66. The molecule has 0 unspecified atom stereocenters. The van der Waals surface area contributed by atoms with Crippen LogP contribution in [0.5, 0.6) is 0 Å². The number of aryl methyl sites for hydroxylation is 1. The highest BCUT2D eigenvalue weighted by molar-refractivity contribution is 6.08. The van der Waals surface area contributed by atoms with Crippen molar-refractivity contribution in [2.24, 2.45) is 0 Å². The fraction of sp³-hybridized carbons (Fsp3) is 0.160. The van der Waals surface area contributed by atoms with Crippen LogP contribution in [0.3, 0.4) is 0 Å². The van der Waals surface area contributed by atoms with Gasteiger partial charge in [-0.2, -0.15) is 0 Å². The van der Waals surface area contributed by atoms with Crippen molar-refractivity contribution < 1.29 is 24.0 Å². The maximum absolute atomic E-state index is 12.8. The van der Waals surface area contributed by atoms with Gasteiger partial charge in [-0.25, -0.2) is 4.79 Å². The van der Waals surface area contributed by atoms with E-state index >= 15 is 0 Å². The lowest BCUT2D eigenvalue weighted by atomic mass is 10.0. The van der Waals surface area contributed by atoms with Crippen molar-refractivity contribution in [3.63, 3.8) is 0 Å². The predicted molar refractivity (Wildman–Crippen MR) is 125 cm³/mol. The number of non-ortho nitro benzene ring substituents is 1. The monoisotopic (exact) mass is 459 g/mol. The number of nitrogens with zero attached hydrogens (tertiary/aromatic N) is 2. The normalized spacial score (nSPS) is 12.4. The van der Waals surface area contributed by atoms with E-state index in [0.717, 1.165) is 0 Å². The Hall–Kier alpha value is -4.53. The molecule has 1 aliphatic rings. The van der Waals surface area contributed by atoms with Gasteiger partial charge in [-0.1, -0.05) is 30.3 Å². The Kier molecular flexibility index (Phi) is 6.63. The molecule has 0 saturated heterocycles. The highest BCUT2D eigenvalue weighted by Gasteiger charge is 2.25. The summed E-state index contributed by atoms with van der Waals surface area (Å²) in [5.74, 6) is -1.57. The molecule has 0 spiro atoms. The van der Waals surface area contributed by atoms with Crippen LogP contribution in [0.1, 0.15) is 32.7 Å². The van der Waals surface area contributed by atoms with Gasteiger partial charge in [0.1, 0.15) is 0 Å². The lowest BCUT2D eigenvalue weighted by molar-refractivity contribution is -0.384. The summed E-state index contributed by atoms with van der Waals surface area (Å²) in [7, 11) is 0. The van der Waals surface area contributed by atoms with E-state index in [4.69, 9.17) is 4.74 Å². The number of nitro benzene ring substituents is 1. The average Bonchev–Trinajstić information content (AvgIpc) is 2.87. The van der Waals surface area contributed by atoms with Crippen LogP contribution in [0, 0.1) is 10.1 Å². The van der Waals surface area contributed by atoms with Gasteiger partial charge in [0.2, 0.25) is 0 Å². The van der Waals surface area contributed by atoms with Crippen LogP contribution in [0.4, 0.5) is 17.1 Å². The maximum Gasteiger partial charge on any atom is 0.340 e. The minimum Gasteiger partial charge on any atom is -0.452 e. The summed E-state index contributed by atoms with van der Waals surface area (Å²) in [5.41, 5.74) is 2.07. The molecule has 1 aliphatic heterocycles. The van der Waals surface area contributed by atoms with Gasteiger partial charge in [-0.05, 0) is 48.7 Å². The number of rotatable bonds is 6. The van der Waals surface area contributed by atoms with E-state index in [1.165, 1.54) is 23.1 Å². The SMILES string of the molecule is O=C(Nc1ccccc1C(=O)OCC(=O)N1CCCc2cc([N+](=O)[O-])ccc21)c1ccccc1. The Morgan fingerprint density at radius 1 is 1.00 bits per heavy atom. The molecule has 3 aromatic rings. The fourth-order valence-electron chi connectivity index (χ4n) is 3.79. The Balaban J connectivity index is 1.44. The minimum absolute atomic E-state index is 0.0337. The van der Waals surface area contributed by atoms with Gasteiger partial charge in [0.15, 0.2) is 6.61 Å². The molecule has 1 heterocycles. The fourth-order valence-corrected chi connectivity index (χ4v) is 3.79. The molecule has 0 aliphatic carbocycles. The van der Waals surface area contributed by atoms with Gasteiger partial charge < -0.3 is 15.0 Å². The second kappa shape index (κ2) is 9.95. The van der Waals surface area contributed by atoms with Crippen LogP contribution < -0.4 is 10.2 Å². The largest absolute Gasteiger partial charge is 0.452 e. The van der Waals surface area contributed by atoms with E-state index in [2.05, 4.69) is 5.32 Å². The maximum atomic E-state index is 12.8. The molecule has 34 heavy (non-hydrogen) atoms. The molecule has 0 bridgehead atoms. The van der Waals surface area contributed by atoms with Crippen LogP contribution in [-0.2, 0) is 16.0 Å². The summed E-state index contributed by atoms with van der Waals surface area (Å²) in [6, 6.07) is 19.3. The molecule has 172 valence electrons. The van der Waals surface area contributed by atoms with E-state index in [1.54, 1.807) is 54.6 Å². The zero-order chi connectivity index (χ0) is 24.1. The number of hydrogen-bond acceptors (Lipinski definition) is 6. The van der Waals surface area contributed by atoms with E-state index in [9.17, 15) is 24.5 Å². The van der Waals surface area contributed by atoms with Crippen molar-refractivity contribution >= 4 is 34.8 Å². The third-order valence-corrected chi connectivity index (χ3v) is 5.45. The topological polar surface area (TPSA) is 119 Å². The van der Waals surface area contributed by atoms with Gasteiger partial charge in [-0.3, -0.25) is 19.7 Å². The highest BCUT2D eigenvalue weighted by atomic mass is 16.6. The Bertz CT molecular complexity index is 1260. The number of anilines is 2. The third-order valence-electron chi connectivity index (χ3n) is 5.45. The molecule has 0 fully saturated rings. The molecule has 0 atom stereocenters. The smallest absolute Gasteiger partial charge is 0.340 e. The molecule has 0 radical (unpaired) electrons. The summed E-state index contributed by atoms with van der Waals surface area (Å²) in [5, 5.41) is 13.7. The van der Waals surface area contributed by atoms with E-state index in [1.807, 2.05) is 0 Å². The summed E-state index contributed by atoms with van der Waals surface area (Å²) >= 11 is 0. The number of carbonyl (C=O) groups excluding carboxylic acids is 3. The van der Waals surface area contributed by atoms with Crippen molar-refractivity contribution in [2.45, 2.75) is 12.8 Å². The van der Waals surface area contributed by atoms with Gasteiger partial charge in [-0.15, -0.1) is 0 Å². The van der Waals surface area contributed by atoms with Crippen molar-refractivity contribution in [3.8, 4) is 0 Å². The van der Waals surface area contributed by atoms with Crippen molar-refractivity contribution in [2.75, 3.05) is 23.4 Å². The summed E-state index contributed by atoms with van der Waals surface area (Å²) in [4.78, 5) is 50.0. The molecule has 9 heteroatoms. The summed E-state index contributed by atoms with van der Waals surface area (Å²) in [6.07, 6.45) is 1.26. The first-order valence-corrected chi connectivity index (χ1v) is 10.6. The predicted octanol–water partition coefficient (Wildman–Crippen LogP) is 3.98.